The van der Waals surface area contributed by atoms with Crippen LogP contribution in [0.5, 0.6) is 0 Å². The van der Waals surface area contributed by atoms with E-state index in [9.17, 15) is 0 Å². The molecule has 4 aliphatic rings. The summed E-state index contributed by atoms with van der Waals surface area (Å²) >= 11 is 0. The summed E-state index contributed by atoms with van der Waals surface area (Å²) in [5.74, 6) is 0.573. The monoisotopic (exact) mass is 679 g/mol. The van der Waals surface area contributed by atoms with Gasteiger partial charge in [0.05, 0.1) is 11.0 Å². The van der Waals surface area contributed by atoms with Crippen LogP contribution < -0.4 is 26.2 Å². The number of hydrogen-bond acceptors (Lipinski definition) is 2. The molecule has 0 radical (unpaired) electrons. The summed E-state index contributed by atoms with van der Waals surface area (Å²) < 4.78 is 2.39. The summed E-state index contributed by atoms with van der Waals surface area (Å²) in [6.45, 7) is 2.75. The molecule has 1 saturated carbocycles. The Kier molecular flexibility index (Phi) is 6.01. The molecule has 4 heterocycles. The lowest BCUT2D eigenvalue weighted by atomic mass is 9.33. The number of aromatic nitrogens is 1. The van der Waals surface area contributed by atoms with Crippen molar-refractivity contribution < 1.29 is 0 Å². The number of fused-ring (bicyclic) bond motifs is 10. The summed E-state index contributed by atoms with van der Waals surface area (Å²) in [6.07, 6.45) is 5.13. The first-order chi connectivity index (χ1) is 26.2. The van der Waals surface area contributed by atoms with Gasteiger partial charge in [0, 0.05) is 56.4 Å². The fourth-order valence-corrected chi connectivity index (χ4v) is 11.0. The summed E-state index contributed by atoms with van der Waals surface area (Å²) in [5, 5.41) is 2.55. The van der Waals surface area contributed by atoms with Gasteiger partial charge in [0.15, 0.2) is 0 Å². The van der Waals surface area contributed by atoms with E-state index in [-0.39, 0.29) is 12.3 Å². The first-order valence-corrected chi connectivity index (χ1v) is 19.3. The molecular weight excluding hydrogens is 641 g/mol. The van der Waals surface area contributed by atoms with Crippen molar-refractivity contribution in [3.8, 4) is 16.8 Å². The van der Waals surface area contributed by atoms with Crippen molar-refractivity contribution in [1.29, 1.82) is 0 Å². The van der Waals surface area contributed by atoms with Gasteiger partial charge in [0.1, 0.15) is 0 Å². The lowest BCUT2D eigenvalue weighted by Gasteiger charge is -2.49. The van der Waals surface area contributed by atoms with Crippen LogP contribution in [0, 0.1) is 0 Å². The van der Waals surface area contributed by atoms with Gasteiger partial charge < -0.3 is 14.4 Å². The number of benzene rings is 7. The zero-order chi connectivity index (χ0) is 34.8. The SMILES string of the molecule is CC12CCCCC1c1cccc3c1N2c1cccc2c1B3c1ccccc1N2c1cccc(-c2ccc3c(c2)c2ccccc2n3-c2ccccc2)c1. The minimum absolute atomic E-state index is 0.0980. The Morgan fingerprint density at radius 3 is 2.23 bits per heavy atom. The van der Waals surface area contributed by atoms with Crippen LogP contribution in [0.1, 0.15) is 44.1 Å². The highest BCUT2D eigenvalue weighted by Crippen LogP contribution is 2.58. The van der Waals surface area contributed by atoms with E-state index >= 15 is 0 Å². The van der Waals surface area contributed by atoms with Crippen LogP contribution in [0.25, 0.3) is 38.6 Å². The molecule has 252 valence electrons. The molecule has 3 aliphatic heterocycles. The summed E-state index contributed by atoms with van der Waals surface area (Å²) in [5.41, 5.74) is 18.7. The van der Waals surface area contributed by atoms with Crippen LogP contribution in [0.4, 0.5) is 28.4 Å². The minimum Gasteiger partial charge on any atom is -0.336 e. The Labute approximate surface area is 310 Å². The standard InChI is InChI=1S/C49H38BN3/c1-49-29-10-9-20-39(49)37-19-12-22-41-48(37)53(49)46-26-13-25-45-47(46)50(41)40-21-6-8-24-44(40)52(45)35-17-11-14-32(30-35)33-27-28-43-38(31-33)36-18-5-7-23-42(36)51(43)34-15-3-2-4-16-34/h2-8,11-19,21-28,30-31,39H,9-10,20,29H2,1H3. The van der Waals surface area contributed by atoms with Crippen molar-refractivity contribution in [1.82, 2.24) is 4.57 Å². The van der Waals surface area contributed by atoms with Crippen LogP contribution in [0.15, 0.2) is 158 Å². The highest BCUT2D eigenvalue weighted by atomic mass is 15.3. The molecule has 53 heavy (non-hydrogen) atoms. The molecule has 3 nitrogen and oxygen atoms in total. The predicted octanol–water partition coefficient (Wildman–Crippen LogP) is 10.6. The van der Waals surface area contributed by atoms with Crippen LogP contribution in [-0.4, -0.2) is 16.8 Å². The van der Waals surface area contributed by atoms with Crippen LogP contribution in [0.3, 0.4) is 0 Å². The number of hydrogen-bond donors (Lipinski definition) is 0. The number of anilines is 5. The van der Waals surface area contributed by atoms with Gasteiger partial charge in [-0.15, -0.1) is 0 Å². The van der Waals surface area contributed by atoms with Crippen molar-refractivity contribution in [2.75, 3.05) is 9.80 Å². The molecule has 2 atom stereocenters. The molecule has 8 aromatic rings. The van der Waals surface area contributed by atoms with E-state index in [1.807, 2.05) is 0 Å². The van der Waals surface area contributed by atoms with Crippen molar-refractivity contribution in [2.45, 2.75) is 44.1 Å². The van der Waals surface area contributed by atoms with Gasteiger partial charge >= 0.3 is 0 Å². The average Bonchev–Trinajstić information content (AvgIpc) is 3.69. The summed E-state index contributed by atoms with van der Waals surface area (Å²) in [6, 6.07) is 59.2. The highest BCUT2D eigenvalue weighted by Gasteiger charge is 2.55. The van der Waals surface area contributed by atoms with Crippen LogP contribution >= 0.6 is 0 Å². The summed E-state index contributed by atoms with van der Waals surface area (Å²) in [7, 11) is 0. The molecule has 7 aromatic carbocycles. The van der Waals surface area contributed by atoms with E-state index in [2.05, 4.69) is 179 Å². The molecule has 0 spiro atoms. The van der Waals surface area contributed by atoms with E-state index < -0.39 is 0 Å². The van der Waals surface area contributed by atoms with E-state index in [1.165, 1.54) is 109 Å². The van der Waals surface area contributed by atoms with Gasteiger partial charge in [-0.25, -0.2) is 0 Å². The molecule has 1 fully saturated rings. The third kappa shape index (κ3) is 3.91. The van der Waals surface area contributed by atoms with Crippen molar-refractivity contribution in [3.63, 3.8) is 0 Å². The van der Waals surface area contributed by atoms with Gasteiger partial charge in [0.2, 0.25) is 0 Å². The molecule has 12 rings (SSSR count). The first-order valence-electron chi connectivity index (χ1n) is 19.3. The van der Waals surface area contributed by atoms with Crippen molar-refractivity contribution >= 4 is 73.3 Å². The second kappa shape index (κ2) is 10.8. The molecule has 0 amide bonds. The lowest BCUT2D eigenvalue weighted by Crippen LogP contribution is -2.63. The van der Waals surface area contributed by atoms with E-state index in [0.717, 1.165) is 0 Å². The fraction of sp³-hybridized carbons (Fsp3) is 0.143. The Morgan fingerprint density at radius 2 is 1.28 bits per heavy atom. The summed E-state index contributed by atoms with van der Waals surface area (Å²) in [4.78, 5) is 5.33. The third-order valence-electron chi connectivity index (χ3n) is 13.1. The first kappa shape index (κ1) is 29.6. The van der Waals surface area contributed by atoms with E-state index in [4.69, 9.17) is 0 Å². The fourth-order valence-electron chi connectivity index (χ4n) is 11.0. The number of para-hydroxylation sites is 4. The van der Waals surface area contributed by atoms with Gasteiger partial charge in [-0.05, 0) is 114 Å². The lowest BCUT2D eigenvalue weighted by molar-refractivity contribution is 0.291. The Morgan fingerprint density at radius 1 is 0.566 bits per heavy atom. The average molecular weight is 680 g/mol. The molecule has 1 aliphatic carbocycles. The zero-order valence-electron chi connectivity index (χ0n) is 29.8. The predicted molar refractivity (Wildman–Crippen MR) is 224 cm³/mol. The van der Waals surface area contributed by atoms with Crippen LogP contribution in [0.2, 0.25) is 0 Å². The highest BCUT2D eigenvalue weighted by molar-refractivity contribution is 7.00. The molecule has 0 saturated heterocycles. The van der Waals surface area contributed by atoms with Gasteiger partial charge in [0.25, 0.3) is 6.71 Å². The molecule has 0 bridgehead atoms. The maximum atomic E-state index is 2.79. The van der Waals surface area contributed by atoms with E-state index in [1.54, 1.807) is 5.56 Å². The maximum Gasteiger partial charge on any atom is 0.252 e. The van der Waals surface area contributed by atoms with Gasteiger partial charge in [-0.3, -0.25) is 0 Å². The molecular formula is C49H38BN3. The quantitative estimate of drug-likeness (QED) is 0.172. The van der Waals surface area contributed by atoms with E-state index in [0.29, 0.717) is 5.92 Å². The second-order valence-electron chi connectivity index (χ2n) is 15.8. The van der Waals surface area contributed by atoms with Crippen LogP contribution in [-0.2, 0) is 0 Å². The largest absolute Gasteiger partial charge is 0.336 e. The smallest absolute Gasteiger partial charge is 0.252 e. The Hall–Kier alpha value is -6.00. The minimum atomic E-state index is 0.0980. The molecule has 4 heteroatoms. The topological polar surface area (TPSA) is 11.4 Å². The molecule has 2 unspecified atom stereocenters. The number of nitrogens with zero attached hydrogens (tertiary/aromatic N) is 3. The van der Waals surface area contributed by atoms with Crippen molar-refractivity contribution in [2.24, 2.45) is 0 Å². The Balaban J connectivity index is 1.04. The normalized spacial score (nSPS) is 19.3. The zero-order valence-corrected chi connectivity index (χ0v) is 29.8. The molecule has 1 aromatic heterocycles. The maximum absolute atomic E-state index is 2.79. The third-order valence-corrected chi connectivity index (χ3v) is 13.1. The molecule has 0 N–H and O–H groups in total. The number of rotatable bonds is 3. The second-order valence-corrected chi connectivity index (χ2v) is 15.8. The van der Waals surface area contributed by atoms with Gasteiger partial charge in [-0.1, -0.05) is 110 Å². The Bertz CT molecular complexity index is 2800. The van der Waals surface area contributed by atoms with Crippen molar-refractivity contribution in [3.05, 3.63) is 163 Å². The van der Waals surface area contributed by atoms with Gasteiger partial charge in [-0.2, -0.15) is 0 Å².